The molecule has 1 aliphatic rings. The molecule has 21 heavy (non-hydrogen) atoms. The lowest BCUT2D eigenvalue weighted by Crippen LogP contribution is -2.47. The number of rotatable bonds is 2. The lowest BCUT2D eigenvalue weighted by Gasteiger charge is -2.32. The molecule has 0 unspecified atom stereocenters. The van der Waals surface area contributed by atoms with Gasteiger partial charge in [-0.25, -0.2) is 9.78 Å². The summed E-state index contributed by atoms with van der Waals surface area (Å²) in [5, 5.41) is 9.07. The Hall–Kier alpha value is -2.12. The number of nitrogens with one attached hydrogen (secondary N) is 2. The van der Waals surface area contributed by atoms with E-state index in [2.05, 4.69) is 20.5 Å². The number of piperidine rings is 1. The van der Waals surface area contributed by atoms with Gasteiger partial charge in [0.25, 0.3) is 5.91 Å². The van der Waals surface area contributed by atoms with Gasteiger partial charge in [0, 0.05) is 19.1 Å². The van der Waals surface area contributed by atoms with E-state index in [4.69, 9.17) is 4.74 Å². The third-order valence-electron chi connectivity index (χ3n) is 3.12. The van der Waals surface area contributed by atoms with Crippen LogP contribution in [0.4, 0.5) is 4.79 Å². The lowest BCUT2D eigenvalue weighted by atomic mass is 10.1. The number of nitrogens with zero attached hydrogens (tertiary/aromatic N) is 3. The number of aromatic amines is 1. The summed E-state index contributed by atoms with van der Waals surface area (Å²) in [5.41, 5.74) is -0.507. The van der Waals surface area contributed by atoms with Crippen molar-refractivity contribution in [3.8, 4) is 0 Å². The highest BCUT2D eigenvalue weighted by molar-refractivity contribution is 5.90. The standard InChI is InChI=1S/C13H21N5O3/c1-13(2,3)21-12(20)16-9-4-6-18(7-5-9)11(19)10-14-8-15-17-10/h8-9H,4-7H2,1-3H3,(H,16,20)(H,14,15,17). The molecule has 0 radical (unpaired) electrons. The molecule has 0 atom stereocenters. The van der Waals surface area contributed by atoms with E-state index >= 15 is 0 Å². The Morgan fingerprint density at radius 1 is 1.38 bits per heavy atom. The second-order valence-electron chi connectivity index (χ2n) is 6.05. The predicted molar refractivity (Wildman–Crippen MR) is 74.7 cm³/mol. The van der Waals surface area contributed by atoms with Crippen LogP contribution in [0, 0.1) is 0 Å². The van der Waals surface area contributed by atoms with E-state index in [0.29, 0.717) is 25.9 Å². The second-order valence-corrected chi connectivity index (χ2v) is 6.05. The highest BCUT2D eigenvalue weighted by Crippen LogP contribution is 2.13. The SMILES string of the molecule is CC(C)(C)OC(=O)NC1CCN(C(=O)c2ncn[nH]2)CC1. The summed E-state index contributed by atoms with van der Waals surface area (Å²) in [6.45, 7) is 6.61. The van der Waals surface area contributed by atoms with Crippen molar-refractivity contribution in [3.05, 3.63) is 12.2 Å². The van der Waals surface area contributed by atoms with E-state index < -0.39 is 11.7 Å². The predicted octanol–water partition coefficient (Wildman–Crippen LogP) is 0.934. The fourth-order valence-electron chi connectivity index (χ4n) is 2.16. The topological polar surface area (TPSA) is 100 Å². The smallest absolute Gasteiger partial charge is 0.407 e. The monoisotopic (exact) mass is 295 g/mol. The number of hydrogen-bond donors (Lipinski definition) is 2. The molecule has 0 bridgehead atoms. The van der Waals surface area contributed by atoms with Crippen LogP contribution in [0.5, 0.6) is 0 Å². The Morgan fingerprint density at radius 3 is 2.57 bits per heavy atom. The van der Waals surface area contributed by atoms with Gasteiger partial charge < -0.3 is 15.0 Å². The number of amides is 2. The second kappa shape index (κ2) is 6.11. The Balaban J connectivity index is 1.78. The summed E-state index contributed by atoms with van der Waals surface area (Å²) in [6, 6.07) is 0.0265. The van der Waals surface area contributed by atoms with Gasteiger partial charge in [-0.3, -0.25) is 9.89 Å². The van der Waals surface area contributed by atoms with Crippen molar-refractivity contribution in [2.45, 2.75) is 45.3 Å². The molecule has 8 nitrogen and oxygen atoms in total. The van der Waals surface area contributed by atoms with E-state index in [0.717, 1.165) is 0 Å². The van der Waals surface area contributed by atoms with Gasteiger partial charge >= 0.3 is 6.09 Å². The summed E-state index contributed by atoms with van der Waals surface area (Å²) >= 11 is 0. The largest absolute Gasteiger partial charge is 0.444 e. The van der Waals surface area contributed by atoms with Gasteiger partial charge in [0.05, 0.1) is 0 Å². The Kier molecular flexibility index (Phi) is 4.44. The van der Waals surface area contributed by atoms with E-state index in [1.54, 1.807) is 4.90 Å². The Labute approximate surface area is 123 Å². The van der Waals surface area contributed by atoms with Crippen molar-refractivity contribution < 1.29 is 14.3 Å². The minimum atomic E-state index is -0.507. The molecule has 2 amide bonds. The Morgan fingerprint density at radius 2 is 2.05 bits per heavy atom. The number of carbonyl (C=O) groups is 2. The fraction of sp³-hybridized carbons (Fsp3) is 0.692. The molecule has 0 aliphatic carbocycles. The summed E-state index contributed by atoms with van der Waals surface area (Å²) in [5.74, 6) is 0.0803. The van der Waals surface area contributed by atoms with Crippen LogP contribution in [-0.4, -0.2) is 56.8 Å². The number of alkyl carbamates (subject to hydrolysis) is 1. The zero-order valence-corrected chi connectivity index (χ0v) is 12.5. The Bertz CT molecular complexity index is 486. The van der Waals surface area contributed by atoms with Crippen LogP contribution in [0.3, 0.4) is 0 Å². The number of H-pyrrole nitrogens is 1. The van der Waals surface area contributed by atoms with Crippen LogP contribution < -0.4 is 5.32 Å². The van der Waals surface area contributed by atoms with Crippen molar-refractivity contribution in [2.75, 3.05) is 13.1 Å². The molecule has 2 heterocycles. The molecule has 1 aliphatic heterocycles. The molecular formula is C13H21N5O3. The first kappa shape index (κ1) is 15.3. The number of hydrogen-bond acceptors (Lipinski definition) is 5. The molecule has 0 spiro atoms. The summed E-state index contributed by atoms with van der Waals surface area (Å²) in [7, 11) is 0. The van der Waals surface area contributed by atoms with Crippen LogP contribution in [0.15, 0.2) is 6.33 Å². The molecule has 8 heteroatoms. The fourth-order valence-corrected chi connectivity index (χ4v) is 2.16. The van der Waals surface area contributed by atoms with Crippen LogP contribution >= 0.6 is 0 Å². The molecule has 2 rings (SSSR count). The molecule has 116 valence electrons. The van der Waals surface area contributed by atoms with Crippen LogP contribution in [0.1, 0.15) is 44.2 Å². The molecule has 0 saturated carbocycles. The summed E-state index contributed by atoms with van der Waals surface area (Å²) in [4.78, 5) is 29.3. The van der Waals surface area contributed by atoms with Crippen molar-refractivity contribution in [3.63, 3.8) is 0 Å². The summed E-state index contributed by atoms with van der Waals surface area (Å²) in [6.07, 6.45) is 2.28. The van der Waals surface area contributed by atoms with Crippen LogP contribution in [0.2, 0.25) is 0 Å². The van der Waals surface area contributed by atoms with Gasteiger partial charge in [-0.2, -0.15) is 5.10 Å². The minimum absolute atomic E-state index is 0.0265. The van der Waals surface area contributed by atoms with Gasteiger partial charge in [-0.1, -0.05) is 0 Å². The van der Waals surface area contributed by atoms with E-state index in [1.807, 2.05) is 20.8 Å². The van der Waals surface area contributed by atoms with E-state index in [-0.39, 0.29) is 17.8 Å². The average molecular weight is 295 g/mol. The number of likely N-dealkylation sites (tertiary alicyclic amines) is 1. The highest BCUT2D eigenvalue weighted by Gasteiger charge is 2.27. The van der Waals surface area contributed by atoms with Gasteiger partial charge in [-0.05, 0) is 33.6 Å². The molecule has 2 N–H and O–H groups in total. The molecule has 1 aromatic heterocycles. The zero-order valence-electron chi connectivity index (χ0n) is 12.5. The lowest BCUT2D eigenvalue weighted by molar-refractivity contribution is 0.0472. The number of carbonyl (C=O) groups excluding carboxylic acids is 2. The van der Waals surface area contributed by atoms with Crippen LogP contribution in [0.25, 0.3) is 0 Å². The quantitative estimate of drug-likeness (QED) is 0.845. The molecule has 0 aromatic carbocycles. The van der Waals surface area contributed by atoms with Gasteiger partial charge in [-0.15, -0.1) is 0 Å². The molecule has 1 saturated heterocycles. The maximum Gasteiger partial charge on any atom is 0.407 e. The molecule has 1 fully saturated rings. The average Bonchev–Trinajstić information content (AvgIpc) is 2.90. The third-order valence-corrected chi connectivity index (χ3v) is 3.12. The maximum atomic E-state index is 12.1. The molecular weight excluding hydrogens is 274 g/mol. The van der Waals surface area contributed by atoms with Crippen molar-refractivity contribution in [2.24, 2.45) is 0 Å². The summed E-state index contributed by atoms with van der Waals surface area (Å²) < 4.78 is 5.22. The van der Waals surface area contributed by atoms with Crippen LogP contribution in [-0.2, 0) is 4.74 Å². The first-order chi connectivity index (χ1) is 9.85. The zero-order chi connectivity index (χ0) is 15.5. The van der Waals surface area contributed by atoms with Gasteiger partial charge in [0.1, 0.15) is 11.9 Å². The van der Waals surface area contributed by atoms with Crippen molar-refractivity contribution >= 4 is 12.0 Å². The first-order valence-corrected chi connectivity index (χ1v) is 6.99. The number of ether oxygens (including phenoxy) is 1. The van der Waals surface area contributed by atoms with E-state index in [1.165, 1.54) is 6.33 Å². The van der Waals surface area contributed by atoms with Crippen molar-refractivity contribution in [1.82, 2.24) is 25.4 Å². The highest BCUT2D eigenvalue weighted by atomic mass is 16.6. The van der Waals surface area contributed by atoms with Gasteiger partial charge in [0.2, 0.25) is 5.82 Å². The van der Waals surface area contributed by atoms with Gasteiger partial charge in [0.15, 0.2) is 0 Å². The molecule has 1 aromatic rings. The number of aromatic nitrogens is 3. The van der Waals surface area contributed by atoms with E-state index in [9.17, 15) is 9.59 Å². The first-order valence-electron chi connectivity index (χ1n) is 6.99. The maximum absolute atomic E-state index is 12.1. The normalized spacial score (nSPS) is 16.6. The minimum Gasteiger partial charge on any atom is -0.444 e. The third kappa shape index (κ3) is 4.44. The van der Waals surface area contributed by atoms with Crippen molar-refractivity contribution in [1.29, 1.82) is 0 Å².